The van der Waals surface area contributed by atoms with E-state index in [0.717, 1.165) is 17.3 Å². The molecule has 1 fully saturated rings. The Morgan fingerprint density at radius 3 is 2.62 bits per heavy atom. The molecule has 1 aliphatic heterocycles. The van der Waals surface area contributed by atoms with Crippen LogP contribution in [0.4, 0.5) is 5.69 Å². The number of non-ortho nitro benzene ring substituents is 1. The van der Waals surface area contributed by atoms with Gasteiger partial charge in [-0.15, -0.1) is 0 Å². The Labute approximate surface area is 102 Å². The second-order valence-corrected chi connectivity index (χ2v) is 4.54. The highest BCUT2D eigenvalue weighted by Crippen LogP contribution is 2.30. The zero-order valence-corrected chi connectivity index (χ0v) is 10.2. The fourth-order valence-corrected chi connectivity index (χ4v) is 2.36. The minimum atomic E-state index is -0.379. The fourth-order valence-electron chi connectivity index (χ4n) is 1.91. The van der Waals surface area contributed by atoms with Crippen LogP contribution in [0.15, 0.2) is 24.3 Å². The molecule has 0 unspecified atom stereocenters. The van der Waals surface area contributed by atoms with Crippen LogP contribution in [0.25, 0.3) is 0 Å². The van der Waals surface area contributed by atoms with E-state index in [0.29, 0.717) is 12.5 Å². The van der Waals surface area contributed by atoms with Gasteiger partial charge in [0.05, 0.1) is 17.6 Å². The lowest BCUT2D eigenvalue weighted by molar-refractivity contribution is -0.384. The Morgan fingerprint density at radius 1 is 1.44 bits per heavy atom. The van der Waals surface area contributed by atoms with Crippen LogP contribution in [0, 0.1) is 10.1 Å². The number of nitro benzene ring substituents is 1. The van der Waals surface area contributed by atoms with Gasteiger partial charge in [0.2, 0.25) is 0 Å². The second kappa shape index (κ2) is 4.93. The Hall–Kier alpha value is -0.940. The van der Waals surface area contributed by atoms with E-state index < -0.39 is 0 Å². The molecule has 2 atom stereocenters. The monoisotopic (exact) mass is 285 g/mol. The van der Waals surface area contributed by atoms with E-state index in [1.807, 2.05) is 12.1 Å². The highest BCUT2D eigenvalue weighted by atomic mass is 79.9. The van der Waals surface area contributed by atoms with E-state index in [4.69, 9.17) is 4.74 Å². The van der Waals surface area contributed by atoms with Crippen molar-refractivity contribution in [3.8, 4) is 0 Å². The summed E-state index contributed by atoms with van der Waals surface area (Å²) >= 11 is 3.39. The summed E-state index contributed by atoms with van der Waals surface area (Å²) in [6.07, 6.45) is 1.24. The molecular formula is C11H12BrNO3. The van der Waals surface area contributed by atoms with E-state index in [2.05, 4.69) is 15.9 Å². The largest absolute Gasteiger partial charge is 0.377 e. The van der Waals surface area contributed by atoms with Crippen molar-refractivity contribution in [1.82, 2.24) is 0 Å². The first-order valence-corrected chi connectivity index (χ1v) is 6.24. The average Bonchev–Trinajstić information content (AvgIpc) is 2.77. The van der Waals surface area contributed by atoms with Crippen LogP contribution in [-0.4, -0.2) is 23.0 Å². The van der Waals surface area contributed by atoms with Crippen molar-refractivity contribution in [2.75, 3.05) is 11.9 Å². The molecule has 86 valence electrons. The van der Waals surface area contributed by atoms with E-state index >= 15 is 0 Å². The van der Waals surface area contributed by atoms with Crippen LogP contribution >= 0.6 is 15.9 Å². The Kier molecular flexibility index (Phi) is 3.56. The first-order chi connectivity index (χ1) is 7.70. The number of halogens is 1. The fraction of sp³-hybridized carbons (Fsp3) is 0.455. The number of hydrogen-bond donors (Lipinski definition) is 0. The lowest BCUT2D eigenvalue weighted by Crippen LogP contribution is -2.05. The molecule has 16 heavy (non-hydrogen) atoms. The summed E-state index contributed by atoms with van der Waals surface area (Å²) in [5, 5.41) is 11.4. The smallest absolute Gasteiger partial charge is 0.269 e. The van der Waals surface area contributed by atoms with Gasteiger partial charge in [-0.2, -0.15) is 0 Å². The molecule has 1 aromatic rings. The number of alkyl halides is 1. The van der Waals surface area contributed by atoms with Gasteiger partial charge in [-0.1, -0.05) is 28.1 Å². The maximum atomic E-state index is 10.5. The zero-order valence-electron chi connectivity index (χ0n) is 8.64. The number of ether oxygens (including phenoxy) is 1. The van der Waals surface area contributed by atoms with E-state index in [1.165, 1.54) is 0 Å². The predicted molar refractivity (Wildman–Crippen MR) is 64.0 cm³/mol. The first-order valence-electron chi connectivity index (χ1n) is 5.12. The SMILES string of the molecule is O=[N+]([O-])c1ccc([C@@H]2CO[C@@H](CBr)C2)cc1. The standard InChI is InChI=1S/C11H12BrNO3/c12-6-11-5-9(7-16-11)8-1-3-10(4-2-8)13(14)15/h1-4,9,11H,5-7H2/t9-,11+/m0/s1. The van der Waals surface area contributed by atoms with Gasteiger partial charge < -0.3 is 4.74 Å². The minimum absolute atomic E-state index is 0.139. The van der Waals surface area contributed by atoms with Gasteiger partial charge in [0.25, 0.3) is 5.69 Å². The Bertz CT molecular complexity index is 379. The third kappa shape index (κ3) is 2.41. The lowest BCUT2D eigenvalue weighted by Gasteiger charge is -2.07. The number of benzene rings is 1. The summed E-state index contributed by atoms with van der Waals surface area (Å²) in [4.78, 5) is 10.1. The van der Waals surface area contributed by atoms with Crippen molar-refractivity contribution >= 4 is 21.6 Å². The molecule has 1 saturated heterocycles. The number of nitrogens with zero attached hydrogens (tertiary/aromatic N) is 1. The molecule has 0 bridgehead atoms. The van der Waals surface area contributed by atoms with Gasteiger partial charge in [0, 0.05) is 23.4 Å². The Balaban J connectivity index is 2.08. The van der Waals surface area contributed by atoms with Crippen molar-refractivity contribution in [3.63, 3.8) is 0 Å². The third-order valence-electron chi connectivity index (χ3n) is 2.83. The van der Waals surface area contributed by atoms with E-state index in [9.17, 15) is 10.1 Å². The molecule has 0 amide bonds. The highest BCUT2D eigenvalue weighted by Gasteiger charge is 2.25. The number of rotatable bonds is 3. The zero-order chi connectivity index (χ0) is 11.5. The van der Waals surface area contributed by atoms with E-state index in [1.54, 1.807) is 12.1 Å². The molecule has 0 spiro atoms. The molecule has 0 radical (unpaired) electrons. The second-order valence-electron chi connectivity index (χ2n) is 3.89. The number of nitro groups is 1. The molecule has 1 aliphatic rings. The molecule has 0 aromatic heterocycles. The van der Waals surface area contributed by atoms with Crippen molar-refractivity contribution in [3.05, 3.63) is 39.9 Å². The van der Waals surface area contributed by atoms with Crippen LogP contribution in [0.1, 0.15) is 17.9 Å². The maximum absolute atomic E-state index is 10.5. The number of hydrogen-bond acceptors (Lipinski definition) is 3. The Morgan fingerprint density at radius 2 is 2.12 bits per heavy atom. The van der Waals surface area contributed by atoms with Crippen molar-refractivity contribution in [2.45, 2.75) is 18.4 Å². The van der Waals surface area contributed by atoms with Crippen molar-refractivity contribution in [2.24, 2.45) is 0 Å². The van der Waals surface area contributed by atoms with Gasteiger partial charge in [0.15, 0.2) is 0 Å². The molecule has 1 aromatic carbocycles. The quantitative estimate of drug-likeness (QED) is 0.487. The van der Waals surface area contributed by atoms with E-state index in [-0.39, 0.29) is 16.7 Å². The van der Waals surface area contributed by atoms with Crippen molar-refractivity contribution in [1.29, 1.82) is 0 Å². The molecule has 4 nitrogen and oxygen atoms in total. The highest BCUT2D eigenvalue weighted by molar-refractivity contribution is 9.09. The van der Waals surface area contributed by atoms with Gasteiger partial charge in [-0.25, -0.2) is 0 Å². The van der Waals surface area contributed by atoms with Crippen LogP contribution in [-0.2, 0) is 4.74 Å². The predicted octanol–water partition coefficient (Wildman–Crippen LogP) is 2.86. The van der Waals surface area contributed by atoms with Gasteiger partial charge >= 0.3 is 0 Å². The summed E-state index contributed by atoms with van der Waals surface area (Å²) in [6, 6.07) is 6.75. The van der Waals surface area contributed by atoms with Gasteiger partial charge in [0.1, 0.15) is 0 Å². The minimum Gasteiger partial charge on any atom is -0.377 e. The average molecular weight is 286 g/mol. The topological polar surface area (TPSA) is 52.4 Å². The van der Waals surface area contributed by atoms with Crippen LogP contribution in [0.2, 0.25) is 0 Å². The molecule has 0 aliphatic carbocycles. The normalized spacial score (nSPS) is 24.6. The molecule has 0 saturated carbocycles. The van der Waals surface area contributed by atoms with Gasteiger partial charge in [-0.05, 0) is 12.0 Å². The summed E-state index contributed by atoms with van der Waals surface area (Å²) in [6.45, 7) is 0.702. The summed E-state index contributed by atoms with van der Waals surface area (Å²) in [5.41, 5.74) is 1.26. The third-order valence-corrected chi connectivity index (χ3v) is 3.55. The summed E-state index contributed by atoms with van der Waals surface area (Å²) in [7, 11) is 0. The van der Waals surface area contributed by atoms with Gasteiger partial charge in [-0.3, -0.25) is 10.1 Å². The molecule has 2 rings (SSSR count). The van der Waals surface area contributed by atoms with Crippen LogP contribution in [0.5, 0.6) is 0 Å². The molecule has 5 heteroatoms. The maximum Gasteiger partial charge on any atom is 0.269 e. The molecule has 0 N–H and O–H groups in total. The van der Waals surface area contributed by atoms with Crippen LogP contribution in [0.3, 0.4) is 0 Å². The summed E-state index contributed by atoms with van der Waals surface area (Å²) < 4.78 is 5.57. The summed E-state index contributed by atoms with van der Waals surface area (Å²) in [5.74, 6) is 0.364. The molecular weight excluding hydrogens is 274 g/mol. The first kappa shape index (κ1) is 11.5. The van der Waals surface area contributed by atoms with Crippen molar-refractivity contribution < 1.29 is 9.66 Å². The molecule has 1 heterocycles. The van der Waals surface area contributed by atoms with Crippen LogP contribution < -0.4 is 0 Å². The lowest BCUT2D eigenvalue weighted by atomic mass is 9.96.